The number of carbonyl (C=O) groups is 1. The van der Waals surface area contributed by atoms with E-state index in [1.165, 1.54) is 12.8 Å². The molecule has 2 aromatic heterocycles. The Bertz CT molecular complexity index is 875. The third-order valence-corrected chi connectivity index (χ3v) is 3.90. The summed E-state index contributed by atoms with van der Waals surface area (Å²) in [5.41, 5.74) is 3.95. The number of amides is 1. The minimum Gasteiger partial charge on any atom is -0.346 e. The monoisotopic (exact) mass is 305 g/mol. The van der Waals surface area contributed by atoms with E-state index in [2.05, 4.69) is 25.3 Å². The summed E-state index contributed by atoms with van der Waals surface area (Å²) in [6, 6.07) is 7.27. The van der Waals surface area contributed by atoms with Crippen molar-refractivity contribution >= 4 is 16.9 Å². The lowest BCUT2D eigenvalue weighted by atomic mass is 10.1. The van der Waals surface area contributed by atoms with Crippen LogP contribution in [0.15, 0.2) is 43.0 Å². The maximum atomic E-state index is 12.3. The van der Waals surface area contributed by atoms with Crippen molar-refractivity contribution in [3.05, 3.63) is 59.9 Å². The smallest absolute Gasteiger partial charge is 0.251 e. The van der Waals surface area contributed by atoms with Gasteiger partial charge in [0.15, 0.2) is 0 Å². The summed E-state index contributed by atoms with van der Waals surface area (Å²) in [4.78, 5) is 29.2. The Kier molecular flexibility index (Phi) is 3.42. The third kappa shape index (κ3) is 3.01. The van der Waals surface area contributed by atoms with Gasteiger partial charge in [-0.05, 0) is 37.1 Å². The maximum Gasteiger partial charge on any atom is 0.251 e. The Morgan fingerprint density at radius 3 is 2.70 bits per heavy atom. The number of hydrogen-bond donors (Lipinski definition) is 1. The van der Waals surface area contributed by atoms with Crippen molar-refractivity contribution in [1.82, 2.24) is 25.3 Å². The first-order valence-electron chi connectivity index (χ1n) is 7.59. The van der Waals surface area contributed by atoms with Crippen molar-refractivity contribution in [1.29, 1.82) is 0 Å². The molecule has 0 saturated heterocycles. The highest BCUT2D eigenvalue weighted by atomic mass is 16.1. The summed E-state index contributed by atoms with van der Waals surface area (Å²) < 4.78 is 0. The van der Waals surface area contributed by atoms with Gasteiger partial charge in [-0.1, -0.05) is 0 Å². The van der Waals surface area contributed by atoms with Gasteiger partial charge < -0.3 is 5.32 Å². The van der Waals surface area contributed by atoms with E-state index in [4.69, 9.17) is 0 Å². The van der Waals surface area contributed by atoms with Crippen LogP contribution in [0.3, 0.4) is 0 Å². The number of hydrogen-bond acceptors (Lipinski definition) is 5. The quantitative estimate of drug-likeness (QED) is 0.799. The Morgan fingerprint density at radius 2 is 1.87 bits per heavy atom. The van der Waals surface area contributed by atoms with E-state index in [1.54, 1.807) is 36.9 Å². The van der Waals surface area contributed by atoms with Crippen LogP contribution in [0.2, 0.25) is 0 Å². The topological polar surface area (TPSA) is 80.7 Å². The summed E-state index contributed by atoms with van der Waals surface area (Å²) in [5, 5.41) is 2.89. The molecule has 1 fully saturated rings. The van der Waals surface area contributed by atoms with Crippen LogP contribution in [-0.4, -0.2) is 25.8 Å². The van der Waals surface area contributed by atoms with Gasteiger partial charge >= 0.3 is 0 Å². The zero-order valence-electron chi connectivity index (χ0n) is 12.4. The lowest BCUT2D eigenvalue weighted by Crippen LogP contribution is -2.23. The van der Waals surface area contributed by atoms with Crippen molar-refractivity contribution in [2.75, 3.05) is 0 Å². The van der Waals surface area contributed by atoms with Gasteiger partial charge in [0.05, 0.1) is 23.3 Å². The third-order valence-electron chi connectivity index (χ3n) is 3.90. The Balaban J connectivity index is 1.47. The van der Waals surface area contributed by atoms with E-state index in [0.717, 1.165) is 16.9 Å². The van der Waals surface area contributed by atoms with Crippen LogP contribution in [-0.2, 0) is 6.54 Å². The largest absolute Gasteiger partial charge is 0.346 e. The molecule has 6 heteroatoms. The van der Waals surface area contributed by atoms with Crippen molar-refractivity contribution in [3.8, 4) is 0 Å². The minimum absolute atomic E-state index is 0.149. The second kappa shape index (κ2) is 5.72. The van der Waals surface area contributed by atoms with Gasteiger partial charge in [-0.2, -0.15) is 0 Å². The molecule has 1 aromatic carbocycles. The highest BCUT2D eigenvalue weighted by molar-refractivity contribution is 5.97. The fourth-order valence-electron chi connectivity index (χ4n) is 2.49. The zero-order chi connectivity index (χ0) is 15.6. The second-order valence-electron chi connectivity index (χ2n) is 5.65. The van der Waals surface area contributed by atoms with Crippen LogP contribution in [0.5, 0.6) is 0 Å². The molecule has 1 aliphatic rings. The summed E-state index contributed by atoms with van der Waals surface area (Å²) >= 11 is 0. The number of carbonyl (C=O) groups excluding carboxylic acids is 1. The first kappa shape index (κ1) is 13.8. The van der Waals surface area contributed by atoms with E-state index in [0.29, 0.717) is 23.5 Å². The molecule has 0 unspecified atom stereocenters. The Hall–Kier alpha value is -2.89. The molecule has 1 amide bonds. The van der Waals surface area contributed by atoms with Crippen LogP contribution in [0, 0.1) is 0 Å². The van der Waals surface area contributed by atoms with Crippen molar-refractivity contribution < 1.29 is 4.79 Å². The van der Waals surface area contributed by atoms with Crippen LogP contribution in [0.25, 0.3) is 11.0 Å². The summed E-state index contributed by atoms with van der Waals surface area (Å²) in [6.45, 7) is 0.388. The molecule has 1 aliphatic carbocycles. The van der Waals surface area contributed by atoms with E-state index in [-0.39, 0.29) is 5.91 Å². The summed E-state index contributed by atoms with van der Waals surface area (Å²) in [7, 11) is 0. The summed E-state index contributed by atoms with van der Waals surface area (Å²) in [5.74, 6) is 0.427. The number of rotatable bonds is 4. The molecule has 23 heavy (non-hydrogen) atoms. The molecule has 0 atom stereocenters. The van der Waals surface area contributed by atoms with Crippen LogP contribution >= 0.6 is 0 Å². The number of benzene rings is 1. The fraction of sp³-hybridized carbons (Fsp3) is 0.235. The molecule has 0 bridgehead atoms. The number of nitrogens with zero attached hydrogens (tertiary/aromatic N) is 4. The molecule has 3 aromatic rings. The van der Waals surface area contributed by atoms with Crippen LogP contribution in [0.4, 0.5) is 0 Å². The summed E-state index contributed by atoms with van der Waals surface area (Å²) in [6.07, 6.45) is 7.21. The van der Waals surface area contributed by atoms with E-state index < -0.39 is 0 Å². The number of nitrogens with one attached hydrogen (secondary N) is 1. The highest BCUT2D eigenvalue weighted by Crippen LogP contribution is 2.38. The fourth-order valence-corrected chi connectivity index (χ4v) is 2.49. The van der Waals surface area contributed by atoms with E-state index in [1.807, 2.05) is 6.07 Å². The predicted octanol–water partition coefficient (Wildman–Crippen LogP) is 2.23. The predicted molar refractivity (Wildman–Crippen MR) is 84.7 cm³/mol. The average molecular weight is 305 g/mol. The molecule has 1 N–H and O–H groups in total. The standard InChI is InChI=1S/C17H15N5O/c23-17(12-3-4-14-16(7-12)19-6-5-18-14)20-9-13-8-15(11-1-2-11)22-10-21-13/h3-8,10-11H,1-2,9H2,(H,20,23). The van der Waals surface area contributed by atoms with Crippen LogP contribution in [0.1, 0.15) is 40.5 Å². The normalized spacial score (nSPS) is 13.9. The van der Waals surface area contributed by atoms with Crippen molar-refractivity contribution in [2.24, 2.45) is 0 Å². The first-order valence-corrected chi connectivity index (χ1v) is 7.59. The molecule has 0 aliphatic heterocycles. The number of fused-ring (bicyclic) bond motifs is 1. The molecule has 0 radical (unpaired) electrons. The average Bonchev–Trinajstić information content (AvgIpc) is 3.44. The van der Waals surface area contributed by atoms with Gasteiger partial charge in [-0.15, -0.1) is 0 Å². The zero-order valence-corrected chi connectivity index (χ0v) is 12.4. The number of aromatic nitrogens is 4. The molecular formula is C17H15N5O. The molecular weight excluding hydrogens is 290 g/mol. The highest BCUT2D eigenvalue weighted by Gasteiger charge is 2.25. The molecule has 114 valence electrons. The second-order valence-corrected chi connectivity index (χ2v) is 5.65. The Morgan fingerprint density at radius 1 is 1.04 bits per heavy atom. The van der Waals surface area contributed by atoms with Gasteiger partial charge in [0.1, 0.15) is 6.33 Å². The minimum atomic E-state index is -0.149. The lowest BCUT2D eigenvalue weighted by Gasteiger charge is -2.06. The van der Waals surface area contributed by atoms with E-state index >= 15 is 0 Å². The molecule has 2 heterocycles. The van der Waals surface area contributed by atoms with Gasteiger partial charge in [0.2, 0.25) is 0 Å². The lowest BCUT2D eigenvalue weighted by molar-refractivity contribution is 0.0950. The van der Waals surface area contributed by atoms with Gasteiger partial charge in [-0.25, -0.2) is 9.97 Å². The van der Waals surface area contributed by atoms with Crippen molar-refractivity contribution in [3.63, 3.8) is 0 Å². The van der Waals surface area contributed by atoms with Crippen LogP contribution < -0.4 is 5.32 Å². The molecule has 6 nitrogen and oxygen atoms in total. The SMILES string of the molecule is O=C(NCc1cc(C2CC2)ncn1)c1ccc2nccnc2c1. The van der Waals surface area contributed by atoms with Crippen molar-refractivity contribution in [2.45, 2.75) is 25.3 Å². The maximum absolute atomic E-state index is 12.3. The van der Waals surface area contributed by atoms with Gasteiger partial charge in [0, 0.05) is 29.6 Å². The Labute approximate surface area is 133 Å². The van der Waals surface area contributed by atoms with E-state index in [9.17, 15) is 4.79 Å². The molecule has 0 spiro atoms. The molecule has 4 rings (SSSR count). The van der Waals surface area contributed by atoms with Gasteiger partial charge in [0.25, 0.3) is 5.91 Å². The molecule has 1 saturated carbocycles. The first-order chi connectivity index (χ1) is 11.3. The van der Waals surface area contributed by atoms with Gasteiger partial charge in [-0.3, -0.25) is 14.8 Å².